The molecule has 2 atom stereocenters. The van der Waals surface area contributed by atoms with Crippen molar-refractivity contribution in [3.63, 3.8) is 0 Å². The number of hydrogen-bond acceptors (Lipinski definition) is 6. The molecule has 1 aromatic carbocycles. The molecule has 0 spiro atoms. The Morgan fingerprint density at radius 1 is 1.27 bits per heavy atom. The summed E-state index contributed by atoms with van der Waals surface area (Å²) in [5, 5.41) is 9.37. The summed E-state index contributed by atoms with van der Waals surface area (Å²) in [6.45, 7) is 7.19. The summed E-state index contributed by atoms with van der Waals surface area (Å²) in [6, 6.07) is 7.16. The number of hydrogen-bond donors (Lipinski definition) is 0. The number of amides is 1. The highest BCUT2D eigenvalue weighted by molar-refractivity contribution is 5.99. The van der Waals surface area contributed by atoms with Gasteiger partial charge in [-0.1, -0.05) is 26.8 Å². The van der Waals surface area contributed by atoms with Gasteiger partial charge < -0.3 is 19.1 Å². The Kier molecular flexibility index (Phi) is 4.97. The molecule has 2 bridgehead atoms. The van der Waals surface area contributed by atoms with Crippen LogP contribution in [0.3, 0.4) is 0 Å². The zero-order valence-corrected chi connectivity index (χ0v) is 17.6. The second-order valence-electron chi connectivity index (χ2n) is 9.59. The molecule has 2 heterocycles. The van der Waals surface area contributed by atoms with Crippen LogP contribution in [0.25, 0.3) is 6.08 Å². The number of nitriles is 1. The molecule has 0 radical (unpaired) electrons. The zero-order valence-electron chi connectivity index (χ0n) is 17.6. The van der Waals surface area contributed by atoms with Crippen LogP contribution in [-0.4, -0.2) is 42.8 Å². The lowest BCUT2D eigenvalue weighted by Gasteiger charge is -2.39. The summed E-state index contributed by atoms with van der Waals surface area (Å²) >= 11 is 0. The summed E-state index contributed by atoms with van der Waals surface area (Å²) in [7, 11) is 0. The fraction of sp³-hybridized carbons (Fsp3) is 0.522. The van der Waals surface area contributed by atoms with Gasteiger partial charge >= 0.3 is 5.97 Å². The minimum absolute atomic E-state index is 0.114. The van der Waals surface area contributed by atoms with E-state index >= 15 is 0 Å². The third kappa shape index (κ3) is 4.00. The third-order valence-corrected chi connectivity index (χ3v) is 6.11. The molecule has 1 aromatic rings. The summed E-state index contributed by atoms with van der Waals surface area (Å²) in [5.74, 6) is 0.167. The molecule has 30 heavy (non-hydrogen) atoms. The first kappa shape index (κ1) is 20.3. The van der Waals surface area contributed by atoms with Crippen LogP contribution in [0.2, 0.25) is 0 Å². The number of ether oxygens (including phenoxy) is 3. The molecule has 1 amide bonds. The second-order valence-corrected chi connectivity index (χ2v) is 9.59. The highest BCUT2D eigenvalue weighted by Gasteiger charge is 2.50. The number of rotatable bonds is 4. The summed E-state index contributed by atoms with van der Waals surface area (Å²) < 4.78 is 15.8. The number of carbonyl (C=O) groups excluding carboxylic acids is 2. The fourth-order valence-corrected chi connectivity index (χ4v) is 5.35. The van der Waals surface area contributed by atoms with Crippen molar-refractivity contribution in [3.05, 3.63) is 29.3 Å². The van der Waals surface area contributed by atoms with Crippen LogP contribution in [0.1, 0.15) is 45.6 Å². The minimum Gasteiger partial charge on any atom is -0.454 e. The van der Waals surface area contributed by atoms with Gasteiger partial charge in [0, 0.05) is 12.6 Å². The predicted molar refractivity (Wildman–Crippen MR) is 108 cm³/mol. The van der Waals surface area contributed by atoms with E-state index in [2.05, 4.69) is 20.8 Å². The first-order valence-corrected chi connectivity index (χ1v) is 10.2. The van der Waals surface area contributed by atoms with Crippen molar-refractivity contribution in [2.24, 2.45) is 10.8 Å². The molecule has 7 nitrogen and oxygen atoms in total. The Labute approximate surface area is 176 Å². The molecule has 1 saturated carbocycles. The number of esters is 1. The van der Waals surface area contributed by atoms with Gasteiger partial charge in [-0.05, 0) is 53.9 Å². The molecule has 2 fully saturated rings. The van der Waals surface area contributed by atoms with E-state index < -0.39 is 5.97 Å². The van der Waals surface area contributed by atoms with Crippen molar-refractivity contribution in [2.45, 2.75) is 46.1 Å². The van der Waals surface area contributed by atoms with Gasteiger partial charge in [-0.2, -0.15) is 5.26 Å². The summed E-state index contributed by atoms with van der Waals surface area (Å²) in [4.78, 5) is 27.0. The molecule has 1 aliphatic carbocycles. The largest absolute Gasteiger partial charge is 0.454 e. The molecule has 1 saturated heterocycles. The Balaban J connectivity index is 1.39. The Morgan fingerprint density at radius 2 is 2.03 bits per heavy atom. The maximum absolute atomic E-state index is 12.8. The second kappa shape index (κ2) is 7.35. The van der Waals surface area contributed by atoms with Crippen molar-refractivity contribution < 1.29 is 23.8 Å². The maximum Gasteiger partial charge on any atom is 0.349 e. The molecule has 4 rings (SSSR count). The molecule has 0 unspecified atom stereocenters. The van der Waals surface area contributed by atoms with Crippen LogP contribution in [0.4, 0.5) is 0 Å². The van der Waals surface area contributed by atoms with Gasteiger partial charge in [0.1, 0.15) is 11.6 Å². The maximum atomic E-state index is 12.8. The van der Waals surface area contributed by atoms with Crippen molar-refractivity contribution in [1.82, 2.24) is 4.90 Å². The Morgan fingerprint density at radius 3 is 2.80 bits per heavy atom. The molecule has 3 aliphatic rings. The predicted octanol–water partition coefficient (Wildman–Crippen LogP) is 3.29. The van der Waals surface area contributed by atoms with Crippen molar-refractivity contribution in [3.8, 4) is 17.6 Å². The fourth-order valence-electron chi connectivity index (χ4n) is 5.35. The normalized spacial score (nSPS) is 26.3. The standard InChI is InChI=1S/C23H26N2O5/c1-22(2)8-17-9-23(3,12-22)13-25(17)20(26)11-28-21(27)16(10-24)6-15-4-5-18-19(7-15)30-14-29-18/h4-7,17H,8-9,11-14H2,1-3H3/b16-6+/t17-,23-/m1/s1. The van der Waals surface area contributed by atoms with Gasteiger partial charge in [-0.3, -0.25) is 4.79 Å². The van der Waals surface area contributed by atoms with E-state index in [1.54, 1.807) is 18.2 Å². The van der Waals surface area contributed by atoms with Gasteiger partial charge in [0.25, 0.3) is 5.91 Å². The van der Waals surface area contributed by atoms with E-state index in [9.17, 15) is 14.9 Å². The first-order valence-electron chi connectivity index (χ1n) is 10.2. The van der Waals surface area contributed by atoms with Gasteiger partial charge in [-0.15, -0.1) is 0 Å². The van der Waals surface area contributed by atoms with E-state index in [1.165, 1.54) is 6.08 Å². The monoisotopic (exact) mass is 410 g/mol. The van der Waals surface area contributed by atoms with Crippen LogP contribution in [0, 0.1) is 22.2 Å². The van der Waals surface area contributed by atoms with E-state index in [0.717, 1.165) is 19.3 Å². The van der Waals surface area contributed by atoms with Crippen LogP contribution in [0.15, 0.2) is 23.8 Å². The Bertz CT molecular complexity index is 961. The molecular weight excluding hydrogens is 384 g/mol. The number of benzene rings is 1. The molecule has 0 N–H and O–H groups in total. The lowest BCUT2D eigenvalue weighted by molar-refractivity contribution is -0.149. The molecule has 0 aromatic heterocycles. The lowest BCUT2D eigenvalue weighted by atomic mass is 9.65. The van der Waals surface area contributed by atoms with E-state index in [0.29, 0.717) is 23.6 Å². The van der Waals surface area contributed by atoms with Gasteiger partial charge in [-0.25, -0.2) is 4.79 Å². The lowest BCUT2D eigenvalue weighted by Crippen LogP contribution is -2.39. The minimum atomic E-state index is -0.808. The van der Waals surface area contributed by atoms with E-state index in [4.69, 9.17) is 14.2 Å². The van der Waals surface area contributed by atoms with Gasteiger partial charge in [0.2, 0.25) is 6.79 Å². The topological polar surface area (TPSA) is 88.9 Å². The highest BCUT2D eigenvalue weighted by Crippen LogP contribution is 2.52. The molecular formula is C23H26N2O5. The van der Waals surface area contributed by atoms with Gasteiger partial charge in [0.15, 0.2) is 18.1 Å². The molecule has 7 heteroatoms. The van der Waals surface area contributed by atoms with Crippen LogP contribution in [-0.2, 0) is 14.3 Å². The average molecular weight is 410 g/mol. The number of nitrogens with zero attached hydrogens (tertiary/aromatic N) is 2. The third-order valence-electron chi connectivity index (χ3n) is 6.11. The molecule has 2 aliphatic heterocycles. The quantitative estimate of drug-likeness (QED) is 0.430. The van der Waals surface area contributed by atoms with Gasteiger partial charge in [0.05, 0.1) is 0 Å². The summed E-state index contributed by atoms with van der Waals surface area (Å²) in [6.07, 6.45) is 4.44. The van der Waals surface area contributed by atoms with Crippen LogP contribution in [0.5, 0.6) is 11.5 Å². The van der Waals surface area contributed by atoms with Crippen molar-refractivity contribution >= 4 is 18.0 Å². The smallest absolute Gasteiger partial charge is 0.349 e. The van der Waals surface area contributed by atoms with E-state index in [-0.39, 0.29) is 41.8 Å². The van der Waals surface area contributed by atoms with Crippen LogP contribution >= 0.6 is 0 Å². The van der Waals surface area contributed by atoms with Crippen molar-refractivity contribution in [1.29, 1.82) is 5.26 Å². The first-order chi connectivity index (χ1) is 14.2. The van der Waals surface area contributed by atoms with Crippen LogP contribution < -0.4 is 9.47 Å². The number of likely N-dealkylation sites (tertiary alicyclic amines) is 1. The van der Waals surface area contributed by atoms with E-state index in [1.807, 2.05) is 11.0 Å². The highest BCUT2D eigenvalue weighted by atomic mass is 16.7. The number of carbonyl (C=O) groups is 2. The Hall–Kier alpha value is -3.01. The summed E-state index contributed by atoms with van der Waals surface area (Å²) in [5.41, 5.74) is 0.755. The van der Waals surface area contributed by atoms with Crippen molar-refractivity contribution in [2.75, 3.05) is 19.9 Å². The molecule has 158 valence electrons. The number of fused-ring (bicyclic) bond motifs is 3. The SMILES string of the molecule is CC1(C)C[C@@H]2C[C@@](C)(CN2C(=O)COC(=O)/C(C#N)=C/c2ccc3c(c2)OCO3)C1. The zero-order chi connectivity index (χ0) is 21.5. The average Bonchev–Trinajstić information content (AvgIpc) is 3.23.